The fraction of sp³-hybridized carbons (Fsp3) is 0.615. The summed E-state index contributed by atoms with van der Waals surface area (Å²) >= 11 is 0. The number of hydrogen-bond donors (Lipinski definition) is 1. The summed E-state index contributed by atoms with van der Waals surface area (Å²) in [5, 5.41) is 2.56. The molecule has 2 aliphatic rings. The fourth-order valence-electron chi connectivity index (χ4n) is 2.60. The van der Waals surface area contributed by atoms with Crippen molar-refractivity contribution < 1.29 is 14.4 Å². The predicted octanol–water partition coefficient (Wildman–Crippen LogP) is 0.495. The van der Waals surface area contributed by atoms with Crippen molar-refractivity contribution in [2.45, 2.75) is 31.7 Å². The molecule has 1 heterocycles. The number of rotatable bonds is 5. The Morgan fingerprint density at radius 2 is 2.05 bits per heavy atom. The van der Waals surface area contributed by atoms with E-state index in [0.717, 1.165) is 30.6 Å². The number of urea groups is 1. The van der Waals surface area contributed by atoms with Crippen LogP contribution in [0.2, 0.25) is 0 Å². The van der Waals surface area contributed by atoms with Gasteiger partial charge in [-0.2, -0.15) is 0 Å². The minimum atomic E-state index is -0.338. The van der Waals surface area contributed by atoms with Crippen LogP contribution in [0.1, 0.15) is 25.7 Å². The maximum atomic E-state index is 12.1. The predicted molar refractivity (Wildman–Crippen MR) is 69.3 cm³/mol. The van der Waals surface area contributed by atoms with Crippen molar-refractivity contribution in [2.75, 3.05) is 19.6 Å². The van der Waals surface area contributed by atoms with E-state index >= 15 is 0 Å². The maximum Gasteiger partial charge on any atom is 0.327 e. The van der Waals surface area contributed by atoms with Gasteiger partial charge in [-0.1, -0.05) is 18.9 Å². The quantitative estimate of drug-likeness (QED) is 0.581. The Hall–Kier alpha value is -1.85. The largest absolute Gasteiger partial charge is 0.351 e. The van der Waals surface area contributed by atoms with E-state index < -0.39 is 0 Å². The summed E-state index contributed by atoms with van der Waals surface area (Å²) in [4.78, 5) is 38.2. The van der Waals surface area contributed by atoms with Crippen molar-refractivity contribution in [1.82, 2.24) is 15.1 Å². The molecule has 0 radical (unpaired) electrons. The zero-order valence-corrected chi connectivity index (χ0v) is 10.9. The van der Waals surface area contributed by atoms with Gasteiger partial charge in [0.05, 0.1) is 0 Å². The number of carbonyl (C=O) groups is 3. The molecule has 0 bridgehead atoms. The molecule has 1 aliphatic heterocycles. The number of carbonyl (C=O) groups excluding carboxylic acids is 3. The van der Waals surface area contributed by atoms with Gasteiger partial charge >= 0.3 is 6.03 Å². The summed E-state index contributed by atoms with van der Waals surface area (Å²) in [5.74, 6) is -0.625. The van der Waals surface area contributed by atoms with E-state index in [1.165, 1.54) is 0 Å². The lowest BCUT2D eigenvalue weighted by Gasteiger charge is -2.22. The van der Waals surface area contributed by atoms with Crippen molar-refractivity contribution in [2.24, 2.45) is 0 Å². The second-order valence-electron chi connectivity index (χ2n) is 4.92. The first kappa shape index (κ1) is 13.6. The molecule has 6 heteroatoms. The van der Waals surface area contributed by atoms with Gasteiger partial charge in [0.2, 0.25) is 5.91 Å². The van der Waals surface area contributed by atoms with E-state index in [1.807, 2.05) is 0 Å². The Morgan fingerprint density at radius 1 is 1.37 bits per heavy atom. The average Bonchev–Trinajstić information content (AvgIpc) is 2.99. The van der Waals surface area contributed by atoms with Gasteiger partial charge in [-0.3, -0.25) is 14.5 Å². The summed E-state index contributed by atoms with van der Waals surface area (Å²) in [7, 11) is 0. The molecule has 1 saturated carbocycles. The molecule has 1 saturated heterocycles. The number of nitrogens with one attached hydrogen (secondary N) is 1. The van der Waals surface area contributed by atoms with E-state index in [-0.39, 0.29) is 37.0 Å². The minimum absolute atomic E-state index is 0.109. The first-order valence-electron chi connectivity index (χ1n) is 6.62. The Labute approximate surface area is 112 Å². The molecule has 1 N–H and O–H groups in total. The highest BCUT2D eigenvalue weighted by molar-refractivity contribution is 6.04. The molecule has 2 fully saturated rings. The third-order valence-electron chi connectivity index (χ3n) is 3.59. The van der Waals surface area contributed by atoms with Gasteiger partial charge in [0.15, 0.2) is 0 Å². The molecule has 0 spiro atoms. The van der Waals surface area contributed by atoms with Gasteiger partial charge < -0.3 is 10.2 Å². The van der Waals surface area contributed by atoms with Crippen LogP contribution in [0.25, 0.3) is 0 Å². The second kappa shape index (κ2) is 5.86. The highest BCUT2D eigenvalue weighted by Gasteiger charge is 2.41. The van der Waals surface area contributed by atoms with Crippen molar-refractivity contribution in [3.05, 3.63) is 12.7 Å². The zero-order chi connectivity index (χ0) is 13.8. The van der Waals surface area contributed by atoms with Crippen molar-refractivity contribution in [3.63, 3.8) is 0 Å². The Balaban J connectivity index is 1.94. The molecule has 0 aromatic rings. The SMILES string of the molecule is C=CCNC(=O)CN1C(=O)CN(C2CCCC2)C1=O. The summed E-state index contributed by atoms with van der Waals surface area (Å²) < 4.78 is 0. The lowest BCUT2D eigenvalue weighted by molar-refractivity contribution is -0.130. The van der Waals surface area contributed by atoms with Crippen LogP contribution in [-0.2, 0) is 9.59 Å². The van der Waals surface area contributed by atoms with Crippen molar-refractivity contribution in [3.8, 4) is 0 Å². The van der Waals surface area contributed by atoms with Gasteiger partial charge in [0.25, 0.3) is 5.91 Å². The standard InChI is InChI=1S/C13H19N3O3/c1-2-7-14-11(17)8-16-12(18)9-15(13(16)19)10-5-3-4-6-10/h2,10H,1,3-9H2,(H,14,17). The number of amides is 4. The molecule has 0 aromatic carbocycles. The fourth-order valence-corrected chi connectivity index (χ4v) is 2.60. The lowest BCUT2D eigenvalue weighted by Crippen LogP contribution is -2.43. The molecular weight excluding hydrogens is 246 g/mol. The van der Waals surface area contributed by atoms with E-state index in [4.69, 9.17) is 0 Å². The highest BCUT2D eigenvalue weighted by Crippen LogP contribution is 2.26. The number of nitrogens with zero attached hydrogens (tertiary/aromatic N) is 2. The first-order chi connectivity index (χ1) is 9.13. The van der Waals surface area contributed by atoms with Gasteiger partial charge in [-0.15, -0.1) is 6.58 Å². The molecule has 0 atom stereocenters. The van der Waals surface area contributed by atoms with Gasteiger partial charge in [0, 0.05) is 12.6 Å². The summed E-state index contributed by atoms with van der Waals surface area (Å²) in [6.07, 6.45) is 5.66. The normalized spacial score (nSPS) is 20.2. The Kier molecular flexibility index (Phi) is 4.19. The summed E-state index contributed by atoms with van der Waals surface area (Å²) in [5.41, 5.74) is 0. The van der Waals surface area contributed by atoms with Crippen LogP contribution in [0.15, 0.2) is 12.7 Å². The van der Waals surface area contributed by atoms with Gasteiger partial charge in [-0.05, 0) is 12.8 Å². The van der Waals surface area contributed by atoms with Crippen LogP contribution in [0, 0.1) is 0 Å². The summed E-state index contributed by atoms with van der Waals surface area (Å²) in [6, 6.07) is -0.164. The van der Waals surface area contributed by atoms with Crippen LogP contribution < -0.4 is 5.32 Å². The smallest absolute Gasteiger partial charge is 0.327 e. The molecule has 6 nitrogen and oxygen atoms in total. The summed E-state index contributed by atoms with van der Waals surface area (Å²) in [6.45, 7) is 3.73. The monoisotopic (exact) mass is 265 g/mol. The molecule has 2 rings (SSSR count). The highest BCUT2D eigenvalue weighted by atomic mass is 16.2. The van der Waals surface area contributed by atoms with Crippen LogP contribution >= 0.6 is 0 Å². The average molecular weight is 265 g/mol. The van der Waals surface area contributed by atoms with Crippen molar-refractivity contribution in [1.29, 1.82) is 0 Å². The molecular formula is C13H19N3O3. The van der Waals surface area contributed by atoms with E-state index in [2.05, 4.69) is 11.9 Å². The molecule has 1 aliphatic carbocycles. The third kappa shape index (κ3) is 2.94. The zero-order valence-electron chi connectivity index (χ0n) is 10.9. The number of hydrogen-bond acceptors (Lipinski definition) is 3. The van der Waals surface area contributed by atoms with E-state index in [1.54, 1.807) is 11.0 Å². The van der Waals surface area contributed by atoms with Crippen LogP contribution in [0.5, 0.6) is 0 Å². The minimum Gasteiger partial charge on any atom is -0.351 e. The van der Waals surface area contributed by atoms with E-state index in [0.29, 0.717) is 6.54 Å². The molecule has 0 unspecified atom stereocenters. The molecule has 0 aromatic heterocycles. The molecule has 4 amide bonds. The second-order valence-corrected chi connectivity index (χ2v) is 4.92. The Morgan fingerprint density at radius 3 is 2.68 bits per heavy atom. The molecule has 19 heavy (non-hydrogen) atoms. The van der Waals surface area contributed by atoms with Crippen LogP contribution in [0.4, 0.5) is 4.79 Å². The molecule has 104 valence electrons. The Bertz CT molecular complexity index is 402. The lowest BCUT2D eigenvalue weighted by atomic mass is 10.2. The van der Waals surface area contributed by atoms with Crippen LogP contribution in [0.3, 0.4) is 0 Å². The first-order valence-corrected chi connectivity index (χ1v) is 6.62. The number of imide groups is 1. The van der Waals surface area contributed by atoms with Gasteiger partial charge in [0.1, 0.15) is 13.1 Å². The van der Waals surface area contributed by atoms with Gasteiger partial charge in [-0.25, -0.2) is 4.79 Å². The van der Waals surface area contributed by atoms with Crippen molar-refractivity contribution >= 4 is 17.8 Å². The van der Waals surface area contributed by atoms with E-state index in [9.17, 15) is 14.4 Å². The topological polar surface area (TPSA) is 69.7 Å². The third-order valence-corrected chi connectivity index (χ3v) is 3.59. The maximum absolute atomic E-state index is 12.1. The van der Waals surface area contributed by atoms with Crippen LogP contribution in [-0.4, -0.2) is 53.3 Å².